The highest BCUT2D eigenvalue weighted by Gasteiger charge is 2.50. The molecule has 0 nitrogen and oxygen atoms in total. The van der Waals surface area contributed by atoms with Gasteiger partial charge < -0.3 is 0 Å². The molecule has 0 saturated carbocycles. The summed E-state index contributed by atoms with van der Waals surface area (Å²) in [6, 6.07) is 11.4. The fourth-order valence-corrected chi connectivity index (χ4v) is 32.9. The summed E-state index contributed by atoms with van der Waals surface area (Å²) in [5, 5.41) is 0. The Hall–Kier alpha value is 0.521. The van der Waals surface area contributed by atoms with Crippen LogP contribution in [0.4, 0.5) is 0 Å². The minimum atomic E-state index is 0.674. The number of hydrogen-bond donors (Lipinski definition) is 0. The molecule has 3 heterocycles. The molecule has 0 unspecified atom stereocenters. The Bertz CT molecular complexity index is 354. The van der Waals surface area contributed by atoms with Crippen LogP contribution in [0.2, 0.25) is 4.28 Å². The first-order valence-corrected chi connectivity index (χ1v) is 14.5. The first-order valence-electron chi connectivity index (χ1n) is 5.47. The third-order valence-electron chi connectivity index (χ3n) is 3.13. The molecule has 0 amide bonds. The minimum Gasteiger partial charge on any atom is -0.0657 e. The van der Waals surface area contributed by atoms with Gasteiger partial charge in [-0.3, -0.25) is 0 Å². The van der Waals surface area contributed by atoms with Crippen molar-refractivity contribution in [1.82, 2.24) is 0 Å². The Labute approximate surface area is 112 Å². The quantitative estimate of drug-likeness (QED) is 0.688. The van der Waals surface area contributed by atoms with Crippen molar-refractivity contribution in [3.63, 3.8) is 0 Å². The highest BCUT2D eigenvalue weighted by atomic mass is 29.3. The first-order chi connectivity index (χ1) is 7.79. The maximum Gasteiger partial charge on any atom is 0.0271 e. The predicted octanol–water partition coefficient (Wildman–Crippen LogP) is 0.278. The molecule has 0 spiro atoms. The summed E-state index contributed by atoms with van der Waals surface area (Å²) in [5.74, 6) is 0. The van der Waals surface area contributed by atoms with Gasteiger partial charge in [0.05, 0.1) is 0 Å². The maximum atomic E-state index is 2.42. The molecule has 16 heavy (non-hydrogen) atoms. The minimum absolute atomic E-state index is 0.674. The van der Waals surface area contributed by atoms with E-state index in [-0.39, 0.29) is 0 Å². The van der Waals surface area contributed by atoms with Gasteiger partial charge in [-0.1, -0.05) is 53.5 Å². The van der Waals surface area contributed by atoms with Crippen LogP contribution in [0, 0.1) is 0 Å². The predicted molar refractivity (Wildman–Crippen MR) is 75.6 cm³/mol. The van der Waals surface area contributed by atoms with E-state index in [4.69, 9.17) is 0 Å². The molecule has 0 atom stereocenters. The smallest absolute Gasteiger partial charge is 0.0271 e. The zero-order valence-corrected chi connectivity index (χ0v) is 15.1. The molecule has 3 saturated heterocycles. The van der Waals surface area contributed by atoms with Gasteiger partial charge in [0.2, 0.25) is 0 Å². The zero-order chi connectivity index (χ0) is 11.1. The Balaban J connectivity index is 1.89. The van der Waals surface area contributed by atoms with E-state index in [0.717, 1.165) is 4.28 Å². The van der Waals surface area contributed by atoms with Crippen molar-refractivity contribution in [2.24, 2.45) is 0 Å². The zero-order valence-electron chi connectivity index (χ0n) is 9.09. The van der Waals surface area contributed by atoms with Crippen molar-refractivity contribution in [3.8, 4) is 0 Å². The van der Waals surface area contributed by atoms with Crippen molar-refractivity contribution in [3.05, 3.63) is 35.9 Å². The second-order valence-corrected chi connectivity index (χ2v) is 17.9. The molecule has 1 aromatic rings. The summed E-state index contributed by atoms with van der Waals surface area (Å²) >= 11 is 0. The lowest BCUT2D eigenvalue weighted by atomic mass is 10.2. The van der Waals surface area contributed by atoms with E-state index in [1.807, 2.05) is 0 Å². The standard InChI is InChI=1S/C10H10Si6/c1-2-9-11-14-10(15-12-9,16-13-9)8-6-4-3-5-7-8/h3-7H,2H2,1H3. The lowest BCUT2D eigenvalue weighted by Crippen LogP contribution is -2.68. The van der Waals surface area contributed by atoms with Gasteiger partial charge in [0, 0.05) is 54.2 Å². The number of hydrogen-bond acceptors (Lipinski definition) is 0. The van der Waals surface area contributed by atoms with Gasteiger partial charge in [-0.25, -0.2) is 0 Å². The highest BCUT2D eigenvalue weighted by molar-refractivity contribution is 7.42. The number of rotatable bonds is 2. The normalized spacial score (nSPS) is 37.6. The summed E-state index contributed by atoms with van der Waals surface area (Å²) in [5.41, 5.74) is 1.67. The molecular formula is C10H10Si6. The van der Waals surface area contributed by atoms with Crippen molar-refractivity contribution in [2.75, 3.05) is 0 Å². The lowest BCUT2D eigenvalue weighted by molar-refractivity contribution is 0.934. The Kier molecular flexibility index (Phi) is 3.13. The molecule has 1 aromatic carbocycles. The summed E-state index contributed by atoms with van der Waals surface area (Å²) in [4.78, 5) is 0. The highest BCUT2D eigenvalue weighted by Crippen LogP contribution is 2.39. The van der Waals surface area contributed by atoms with Crippen LogP contribution in [0.25, 0.3) is 0 Å². The van der Waals surface area contributed by atoms with Gasteiger partial charge in [0.25, 0.3) is 0 Å². The van der Waals surface area contributed by atoms with Crippen LogP contribution in [-0.2, 0) is 4.28 Å². The Morgan fingerprint density at radius 2 is 1.44 bits per heavy atom. The van der Waals surface area contributed by atoms with E-state index in [2.05, 4.69) is 37.3 Å². The third kappa shape index (κ3) is 1.79. The number of fused-ring (bicyclic) bond motifs is 3. The van der Waals surface area contributed by atoms with Crippen LogP contribution in [0.3, 0.4) is 0 Å². The van der Waals surface area contributed by atoms with Crippen molar-refractivity contribution < 1.29 is 0 Å². The van der Waals surface area contributed by atoms with E-state index in [0.29, 0.717) is 4.28 Å². The van der Waals surface area contributed by atoms with Gasteiger partial charge in [0.15, 0.2) is 0 Å². The second-order valence-electron chi connectivity index (χ2n) is 4.12. The number of benzene rings is 1. The van der Waals surface area contributed by atoms with E-state index in [1.54, 1.807) is 5.56 Å². The van der Waals surface area contributed by atoms with Crippen LogP contribution >= 0.6 is 0 Å². The second kappa shape index (κ2) is 4.32. The summed E-state index contributed by atoms with van der Waals surface area (Å²) in [6.07, 6.45) is 1.46. The van der Waals surface area contributed by atoms with Crippen LogP contribution in [0.5, 0.6) is 0 Å². The van der Waals surface area contributed by atoms with Gasteiger partial charge in [0.1, 0.15) is 0 Å². The van der Waals surface area contributed by atoms with E-state index in [1.165, 1.54) is 60.6 Å². The van der Waals surface area contributed by atoms with Crippen LogP contribution in [0.1, 0.15) is 18.9 Å². The Morgan fingerprint density at radius 3 is 1.94 bits per heavy atom. The molecule has 3 aliphatic rings. The van der Waals surface area contributed by atoms with Crippen LogP contribution < -0.4 is 0 Å². The summed E-state index contributed by atoms with van der Waals surface area (Å²) < 4.78 is 1.53. The largest absolute Gasteiger partial charge is 0.0657 e. The van der Waals surface area contributed by atoms with Crippen molar-refractivity contribution in [1.29, 1.82) is 0 Å². The molecule has 0 aromatic heterocycles. The molecule has 2 bridgehead atoms. The Morgan fingerprint density at radius 1 is 0.875 bits per heavy atom. The average molecular weight is 299 g/mol. The van der Waals surface area contributed by atoms with E-state index in [9.17, 15) is 0 Å². The maximum absolute atomic E-state index is 2.42. The fraction of sp³-hybridized carbons (Fsp3) is 0.400. The molecule has 6 heteroatoms. The molecular weight excluding hydrogens is 289 g/mol. The van der Waals surface area contributed by atoms with E-state index < -0.39 is 0 Å². The molecule has 12 radical (unpaired) electrons. The van der Waals surface area contributed by atoms with Crippen molar-refractivity contribution in [2.45, 2.75) is 21.9 Å². The molecule has 0 N–H and O–H groups in total. The van der Waals surface area contributed by atoms with Crippen LogP contribution in [-0.4, -0.2) is 54.2 Å². The third-order valence-corrected chi connectivity index (χ3v) is 29.7. The molecule has 3 aliphatic heterocycles. The topological polar surface area (TPSA) is 0 Å². The van der Waals surface area contributed by atoms with Gasteiger partial charge in [-0.05, 0) is 4.28 Å². The van der Waals surface area contributed by atoms with Gasteiger partial charge >= 0.3 is 0 Å². The van der Waals surface area contributed by atoms with Gasteiger partial charge in [-0.15, -0.1) is 0 Å². The summed E-state index contributed by atoms with van der Waals surface area (Å²) in [7, 11) is 7.53. The molecule has 4 rings (SSSR count). The molecule has 3 fully saturated rings. The fourth-order valence-electron chi connectivity index (χ4n) is 1.96. The van der Waals surface area contributed by atoms with Crippen LogP contribution in [0.15, 0.2) is 30.3 Å². The first kappa shape index (κ1) is 11.6. The monoisotopic (exact) mass is 298 g/mol. The lowest BCUT2D eigenvalue weighted by Gasteiger charge is -2.51. The molecule has 0 aliphatic carbocycles. The molecule has 74 valence electrons. The summed E-state index contributed by atoms with van der Waals surface area (Å²) in [6.45, 7) is 2.42. The van der Waals surface area contributed by atoms with Crippen molar-refractivity contribution >= 4 is 54.2 Å². The average Bonchev–Trinajstić information content (AvgIpc) is 2.42. The van der Waals surface area contributed by atoms with Gasteiger partial charge in [-0.2, -0.15) is 0 Å². The SMILES string of the molecule is CCC12[Si][Si]C(c3ccccc3)([Si][Si]1)[Si][Si]2. The van der Waals surface area contributed by atoms with E-state index >= 15 is 0 Å².